The zero-order chi connectivity index (χ0) is 21.7. The Bertz CT molecular complexity index is 818. The Kier molecular flexibility index (Phi) is 12.3. The standard InChI is InChI=1S/C21H26N2O6S.2Na.2H/c24-17(6-7-18(25)26)22-12-9-21(10-13-22)23(11-8-15-4-2-1-3-5-15)20(29)16(30-21)14-19(27)28;;;;/h1-5,16H,6-14H2,(H,25,26)(H,27,28);;;;. The molecule has 8 nitrogen and oxygen atoms in total. The van der Waals surface area contributed by atoms with Gasteiger partial charge in [0.1, 0.15) is 0 Å². The van der Waals surface area contributed by atoms with Crippen LogP contribution in [0.3, 0.4) is 0 Å². The van der Waals surface area contributed by atoms with E-state index in [4.69, 9.17) is 5.11 Å². The summed E-state index contributed by atoms with van der Waals surface area (Å²) >= 11 is 1.41. The first-order valence-corrected chi connectivity index (χ1v) is 10.9. The zero-order valence-electron chi connectivity index (χ0n) is 16.7. The topological polar surface area (TPSA) is 115 Å². The van der Waals surface area contributed by atoms with Gasteiger partial charge in [0.25, 0.3) is 0 Å². The van der Waals surface area contributed by atoms with Crippen LogP contribution in [0.1, 0.15) is 37.7 Å². The van der Waals surface area contributed by atoms with Gasteiger partial charge in [0, 0.05) is 26.1 Å². The van der Waals surface area contributed by atoms with Gasteiger partial charge in [-0.25, -0.2) is 0 Å². The third kappa shape index (κ3) is 7.48. The molecule has 1 aromatic carbocycles. The van der Waals surface area contributed by atoms with Gasteiger partial charge in [-0.2, -0.15) is 0 Å². The van der Waals surface area contributed by atoms with Gasteiger partial charge in [-0.05, 0) is 24.8 Å². The van der Waals surface area contributed by atoms with Crippen molar-refractivity contribution in [1.29, 1.82) is 0 Å². The number of carboxylic acid groups (broad SMARTS) is 2. The molecule has 2 N–H and O–H groups in total. The van der Waals surface area contributed by atoms with Gasteiger partial charge < -0.3 is 20.0 Å². The molecule has 3 rings (SSSR count). The molecule has 1 aromatic rings. The van der Waals surface area contributed by atoms with E-state index in [1.807, 2.05) is 35.2 Å². The third-order valence-electron chi connectivity index (χ3n) is 5.67. The number of carboxylic acids is 2. The first kappa shape index (κ1) is 29.5. The number of rotatable bonds is 8. The van der Waals surface area contributed by atoms with Gasteiger partial charge in [-0.3, -0.25) is 19.2 Å². The van der Waals surface area contributed by atoms with Crippen LogP contribution in [0.4, 0.5) is 0 Å². The van der Waals surface area contributed by atoms with Gasteiger partial charge in [0.15, 0.2) is 0 Å². The minimum atomic E-state index is -1.00. The number of likely N-dealkylation sites (tertiary alicyclic amines) is 1. The molecule has 32 heavy (non-hydrogen) atoms. The second kappa shape index (κ2) is 13.4. The molecule has 2 fully saturated rings. The number of carbonyl (C=O) groups excluding carboxylic acids is 2. The van der Waals surface area contributed by atoms with Crippen LogP contribution in [-0.4, -0.2) is 133 Å². The number of hydrogen-bond donors (Lipinski definition) is 2. The quantitative estimate of drug-likeness (QED) is 0.520. The summed E-state index contributed by atoms with van der Waals surface area (Å²) in [5.41, 5.74) is 1.11. The van der Waals surface area contributed by atoms with Crippen LogP contribution in [0.15, 0.2) is 30.3 Å². The monoisotopic (exact) mass is 482 g/mol. The van der Waals surface area contributed by atoms with Gasteiger partial charge in [-0.15, -0.1) is 11.8 Å². The van der Waals surface area contributed by atoms with Crippen molar-refractivity contribution in [2.24, 2.45) is 0 Å². The Labute approximate surface area is 236 Å². The number of nitrogens with zero attached hydrogens (tertiary/aromatic N) is 2. The Morgan fingerprint density at radius 2 is 1.62 bits per heavy atom. The molecule has 2 aliphatic heterocycles. The number of hydrogen-bond acceptors (Lipinski definition) is 5. The number of piperidine rings is 1. The van der Waals surface area contributed by atoms with E-state index >= 15 is 0 Å². The zero-order valence-corrected chi connectivity index (χ0v) is 17.5. The van der Waals surface area contributed by atoms with Gasteiger partial charge >= 0.3 is 71.1 Å². The molecule has 2 heterocycles. The number of benzene rings is 1. The van der Waals surface area contributed by atoms with Gasteiger partial charge in [0.2, 0.25) is 11.8 Å². The normalized spacial score (nSPS) is 19.2. The predicted octanol–water partition coefficient (Wildman–Crippen LogP) is 0.534. The van der Waals surface area contributed by atoms with E-state index in [2.05, 4.69) is 0 Å². The van der Waals surface area contributed by atoms with Crippen LogP contribution in [0.25, 0.3) is 0 Å². The average molecular weight is 483 g/mol. The summed E-state index contributed by atoms with van der Waals surface area (Å²) in [6.07, 6.45) is 1.33. The summed E-state index contributed by atoms with van der Waals surface area (Å²) < 4.78 is 0. The summed E-state index contributed by atoms with van der Waals surface area (Å²) in [5, 5.41) is 17.4. The fourth-order valence-corrected chi connectivity index (χ4v) is 5.82. The first-order valence-electron chi connectivity index (χ1n) is 10.1. The van der Waals surface area contributed by atoms with Crippen molar-refractivity contribution in [2.75, 3.05) is 19.6 Å². The molecule has 0 aliphatic carbocycles. The molecule has 2 amide bonds. The molecule has 2 saturated heterocycles. The van der Waals surface area contributed by atoms with Crippen molar-refractivity contribution in [3.63, 3.8) is 0 Å². The van der Waals surface area contributed by atoms with Crippen molar-refractivity contribution in [3.05, 3.63) is 35.9 Å². The fourth-order valence-electron chi connectivity index (χ4n) is 4.11. The average Bonchev–Trinajstić information content (AvgIpc) is 2.96. The van der Waals surface area contributed by atoms with E-state index < -0.39 is 22.1 Å². The molecule has 0 bridgehead atoms. The molecule has 1 unspecified atom stereocenters. The second-order valence-corrected chi connectivity index (χ2v) is 9.22. The minimum absolute atomic E-state index is 0. The maximum absolute atomic E-state index is 13.0. The predicted molar refractivity (Wildman–Crippen MR) is 125 cm³/mol. The van der Waals surface area contributed by atoms with Crippen LogP contribution < -0.4 is 0 Å². The molecular formula is C21H28N2Na2O6S. The van der Waals surface area contributed by atoms with Crippen LogP contribution in [-0.2, 0) is 25.6 Å². The number of amides is 2. The number of thioether (sulfide) groups is 1. The summed E-state index contributed by atoms with van der Waals surface area (Å²) in [6, 6.07) is 9.82. The van der Waals surface area contributed by atoms with Crippen LogP contribution >= 0.6 is 11.8 Å². The number of aliphatic carboxylic acids is 2. The molecular weight excluding hydrogens is 454 g/mol. The van der Waals surface area contributed by atoms with Crippen LogP contribution in [0.2, 0.25) is 0 Å². The molecule has 0 saturated carbocycles. The van der Waals surface area contributed by atoms with Gasteiger partial charge in [-0.1, -0.05) is 30.3 Å². The van der Waals surface area contributed by atoms with Crippen molar-refractivity contribution in [3.8, 4) is 0 Å². The van der Waals surface area contributed by atoms with E-state index in [0.717, 1.165) is 5.56 Å². The van der Waals surface area contributed by atoms with E-state index in [9.17, 15) is 24.3 Å². The summed E-state index contributed by atoms with van der Waals surface area (Å²) in [6.45, 7) is 1.36. The van der Waals surface area contributed by atoms with E-state index in [1.165, 1.54) is 11.8 Å². The second-order valence-electron chi connectivity index (χ2n) is 7.65. The van der Waals surface area contributed by atoms with Crippen LogP contribution in [0.5, 0.6) is 0 Å². The molecule has 1 spiro atoms. The Morgan fingerprint density at radius 3 is 2.19 bits per heavy atom. The number of carbonyl (C=O) groups is 4. The fraction of sp³-hybridized carbons (Fsp3) is 0.524. The van der Waals surface area contributed by atoms with Gasteiger partial charge in [0.05, 0.1) is 23.0 Å². The van der Waals surface area contributed by atoms with Crippen LogP contribution in [0, 0.1) is 0 Å². The molecule has 2 aliphatic rings. The summed E-state index contributed by atoms with van der Waals surface area (Å²) in [4.78, 5) is 50.2. The Morgan fingerprint density at radius 1 is 1.00 bits per heavy atom. The first-order chi connectivity index (χ1) is 14.3. The summed E-state index contributed by atoms with van der Waals surface area (Å²) in [7, 11) is 0. The molecule has 0 radical (unpaired) electrons. The van der Waals surface area contributed by atoms with Crippen molar-refractivity contribution < 1.29 is 29.4 Å². The van der Waals surface area contributed by atoms with E-state index in [1.54, 1.807) is 4.90 Å². The van der Waals surface area contributed by atoms with E-state index in [0.29, 0.717) is 38.9 Å². The molecule has 1 atom stereocenters. The summed E-state index contributed by atoms with van der Waals surface area (Å²) in [5.74, 6) is -2.34. The molecule has 0 aromatic heterocycles. The molecule has 11 heteroatoms. The third-order valence-corrected chi connectivity index (χ3v) is 7.39. The Balaban J connectivity index is 0.00000256. The van der Waals surface area contributed by atoms with Crippen molar-refractivity contribution in [1.82, 2.24) is 9.80 Å². The van der Waals surface area contributed by atoms with Crippen molar-refractivity contribution in [2.45, 2.75) is 48.6 Å². The maximum atomic E-state index is 13.0. The Hall–Kier alpha value is -0.550. The molecule has 166 valence electrons. The SMILES string of the molecule is O=C(O)CCC(=O)N1CCC2(CC1)SC(CC(=O)O)C(=O)N2CCc1ccccc1.[NaH].[NaH]. The van der Waals surface area contributed by atoms with E-state index in [-0.39, 0.29) is 90.2 Å². The van der Waals surface area contributed by atoms with Crippen molar-refractivity contribution >= 4 is 94.6 Å².